The molecule has 1 unspecified atom stereocenters. The molecule has 0 radical (unpaired) electrons. The number of carbonyl (C=O) groups excluding carboxylic acids is 2. The molecule has 1 saturated heterocycles. The van der Waals surface area contributed by atoms with Crippen LogP contribution >= 0.6 is 0 Å². The van der Waals surface area contributed by atoms with Crippen molar-refractivity contribution in [2.24, 2.45) is 0 Å². The molecule has 1 aromatic rings. The zero-order chi connectivity index (χ0) is 23.3. The van der Waals surface area contributed by atoms with Crippen molar-refractivity contribution >= 4 is 17.8 Å². The first-order valence-electron chi connectivity index (χ1n) is 10.6. The van der Waals surface area contributed by atoms with Crippen LogP contribution in [0.2, 0.25) is 0 Å². The molecule has 2 aliphatic rings. The predicted molar refractivity (Wildman–Crippen MR) is 119 cm³/mol. The molecule has 2 heterocycles. The van der Waals surface area contributed by atoms with E-state index >= 15 is 0 Å². The summed E-state index contributed by atoms with van der Waals surface area (Å²) in [5.74, 6) is -0.399. The van der Waals surface area contributed by atoms with E-state index in [0.717, 1.165) is 0 Å². The molecule has 32 heavy (non-hydrogen) atoms. The molecule has 174 valence electrons. The third-order valence-electron chi connectivity index (χ3n) is 5.18. The van der Waals surface area contributed by atoms with Crippen molar-refractivity contribution in [3.8, 4) is 11.5 Å². The highest BCUT2D eigenvalue weighted by Crippen LogP contribution is 2.33. The molecule has 8 nitrogen and oxygen atoms in total. The molecule has 1 aromatic carbocycles. The number of hydrogen-bond donors (Lipinski definition) is 1. The summed E-state index contributed by atoms with van der Waals surface area (Å²) in [6, 6.07) is 3.21. The van der Waals surface area contributed by atoms with Crippen molar-refractivity contribution in [1.29, 1.82) is 0 Å². The van der Waals surface area contributed by atoms with Crippen LogP contribution in [-0.2, 0) is 19.0 Å². The highest BCUT2D eigenvalue weighted by molar-refractivity contribution is 6.01. The average molecular weight is 446 g/mol. The van der Waals surface area contributed by atoms with Gasteiger partial charge in [0.25, 0.3) is 5.91 Å². The topological polar surface area (TPSA) is 92.3 Å². The number of benzene rings is 1. The van der Waals surface area contributed by atoms with Crippen LogP contribution in [0.25, 0.3) is 6.08 Å². The van der Waals surface area contributed by atoms with E-state index in [4.69, 9.17) is 23.7 Å². The fourth-order valence-corrected chi connectivity index (χ4v) is 3.76. The molecule has 0 aromatic heterocycles. The first kappa shape index (κ1) is 24.0. The Hall–Kier alpha value is -2.68. The lowest BCUT2D eigenvalue weighted by Gasteiger charge is -2.18. The van der Waals surface area contributed by atoms with Crippen LogP contribution in [0.15, 0.2) is 30.4 Å². The summed E-state index contributed by atoms with van der Waals surface area (Å²) in [7, 11) is 3.06. The number of rotatable bonds is 4. The van der Waals surface area contributed by atoms with Gasteiger partial charge in [0.15, 0.2) is 18.4 Å². The van der Waals surface area contributed by atoms with Crippen LogP contribution < -0.4 is 14.8 Å². The van der Waals surface area contributed by atoms with Gasteiger partial charge in [-0.2, -0.15) is 0 Å². The molecule has 2 aliphatic heterocycles. The van der Waals surface area contributed by atoms with E-state index in [9.17, 15) is 9.59 Å². The van der Waals surface area contributed by atoms with Crippen molar-refractivity contribution in [1.82, 2.24) is 5.32 Å². The fourth-order valence-electron chi connectivity index (χ4n) is 3.76. The van der Waals surface area contributed by atoms with E-state index in [1.54, 1.807) is 45.2 Å². The number of hydrogen-bond acceptors (Lipinski definition) is 7. The molecule has 3 rings (SSSR count). The minimum atomic E-state index is -0.853. The Labute approximate surface area is 188 Å². The van der Waals surface area contributed by atoms with E-state index in [2.05, 4.69) is 5.32 Å². The Morgan fingerprint density at radius 2 is 1.84 bits per heavy atom. The van der Waals surface area contributed by atoms with Crippen LogP contribution in [0.5, 0.6) is 11.5 Å². The first-order valence-corrected chi connectivity index (χ1v) is 10.6. The highest BCUT2D eigenvalue weighted by atomic mass is 16.8. The lowest BCUT2D eigenvalue weighted by atomic mass is 10.0. The summed E-state index contributed by atoms with van der Waals surface area (Å²) in [6.45, 7) is 5.44. The van der Waals surface area contributed by atoms with E-state index < -0.39 is 18.0 Å². The van der Waals surface area contributed by atoms with Gasteiger partial charge in [-0.25, -0.2) is 0 Å². The van der Waals surface area contributed by atoms with Crippen molar-refractivity contribution in [2.45, 2.75) is 57.6 Å². The summed E-state index contributed by atoms with van der Waals surface area (Å²) >= 11 is 0. The summed E-state index contributed by atoms with van der Waals surface area (Å²) in [5.41, 5.74) is 0.998. The van der Waals surface area contributed by atoms with Gasteiger partial charge in [-0.3, -0.25) is 9.59 Å². The number of ether oxygens (including phenoxy) is 5. The van der Waals surface area contributed by atoms with Crippen LogP contribution in [0.1, 0.15) is 49.5 Å². The third-order valence-corrected chi connectivity index (χ3v) is 5.18. The molecule has 0 saturated carbocycles. The van der Waals surface area contributed by atoms with Gasteiger partial charge >= 0.3 is 0 Å². The number of methoxy groups -OCH3 is 2. The van der Waals surface area contributed by atoms with Gasteiger partial charge in [-0.1, -0.05) is 18.2 Å². The summed E-state index contributed by atoms with van der Waals surface area (Å²) in [6.07, 6.45) is 6.70. The maximum atomic E-state index is 13.2. The second kappa shape index (κ2) is 10.3. The molecular weight excluding hydrogens is 414 g/mol. The summed E-state index contributed by atoms with van der Waals surface area (Å²) in [4.78, 5) is 25.9. The maximum Gasteiger partial charge on any atom is 0.255 e. The van der Waals surface area contributed by atoms with Gasteiger partial charge in [0, 0.05) is 19.2 Å². The zero-order valence-electron chi connectivity index (χ0n) is 19.2. The second-order valence-electron chi connectivity index (χ2n) is 8.29. The van der Waals surface area contributed by atoms with Gasteiger partial charge in [-0.05, 0) is 51.3 Å². The molecule has 8 heteroatoms. The smallest absolute Gasteiger partial charge is 0.255 e. The SMILES string of the molecule is COCOc1cc(OC)cc2c1C(=O)NC(C)C/C=C\C(=O)[C@H]1OC(C)(C)O[C@H]1CC=C2. The molecule has 1 amide bonds. The molecular formula is C24H31NO7. The molecule has 3 atom stereocenters. The molecule has 0 aliphatic carbocycles. The van der Waals surface area contributed by atoms with Crippen LogP contribution in [0.4, 0.5) is 0 Å². The number of nitrogens with one attached hydrogen (secondary N) is 1. The monoisotopic (exact) mass is 445 g/mol. The fraction of sp³-hybridized carbons (Fsp3) is 0.500. The Balaban J connectivity index is 2.03. The van der Waals surface area contributed by atoms with E-state index in [-0.39, 0.29) is 24.5 Å². The van der Waals surface area contributed by atoms with Gasteiger partial charge in [0.05, 0.1) is 18.8 Å². The minimum absolute atomic E-state index is 0.0129. The van der Waals surface area contributed by atoms with Gasteiger partial charge < -0.3 is 29.0 Å². The summed E-state index contributed by atoms with van der Waals surface area (Å²) < 4.78 is 27.9. The quantitative estimate of drug-likeness (QED) is 0.711. The minimum Gasteiger partial charge on any atom is -0.497 e. The van der Waals surface area contributed by atoms with Crippen molar-refractivity contribution in [3.63, 3.8) is 0 Å². The standard InChI is InChI=1S/C24H31NO7/c1-15-8-6-10-18(26)22-19(31-24(2,3)32-22)11-7-9-16-12-17(29-5)13-20(30-14-28-4)21(16)23(27)25-15/h6-7,9-10,12-13,15,19,22H,8,11,14H2,1-5H3,(H,25,27)/b9-7?,10-6-/t15?,19-,22+/m0/s1. The number of carbonyl (C=O) groups is 2. The maximum absolute atomic E-state index is 13.2. The number of ketones is 1. The first-order chi connectivity index (χ1) is 15.2. The molecule has 1 N–H and O–H groups in total. The number of fused-ring (bicyclic) bond motifs is 2. The van der Waals surface area contributed by atoms with Crippen molar-refractivity contribution < 1.29 is 33.3 Å². The molecule has 0 spiro atoms. The lowest BCUT2D eigenvalue weighted by Crippen LogP contribution is -2.33. The summed E-state index contributed by atoms with van der Waals surface area (Å²) in [5, 5.41) is 2.97. The zero-order valence-corrected chi connectivity index (χ0v) is 19.2. The van der Waals surface area contributed by atoms with Gasteiger partial charge in [0.2, 0.25) is 0 Å². The largest absolute Gasteiger partial charge is 0.497 e. The Morgan fingerprint density at radius 1 is 1.09 bits per heavy atom. The Bertz CT molecular complexity index is 906. The van der Waals surface area contributed by atoms with E-state index in [0.29, 0.717) is 35.5 Å². The van der Waals surface area contributed by atoms with E-state index in [1.807, 2.05) is 13.0 Å². The third kappa shape index (κ3) is 5.76. The molecule has 0 bridgehead atoms. The van der Waals surface area contributed by atoms with Crippen LogP contribution in [0.3, 0.4) is 0 Å². The van der Waals surface area contributed by atoms with Gasteiger partial charge in [-0.15, -0.1) is 0 Å². The normalized spacial score (nSPS) is 26.5. The number of amides is 1. The molecule has 1 fully saturated rings. The Kier molecular flexibility index (Phi) is 7.71. The highest BCUT2D eigenvalue weighted by Gasteiger charge is 2.43. The predicted octanol–water partition coefficient (Wildman–Crippen LogP) is 3.25. The average Bonchev–Trinajstić information content (AvgIpc) is 3.05. The van der Waals surface area contributed by atoms with Gasteiger partial charge in [0.1, 0.15) is 17.6 Å². The lowest BCUT2D eigenvalue weighted by molar-refractivity contribution is -0.152. The van der Waals surface area contributed by atoms with Crippen molar-refractivity contribution in [2.75, 3.05) is 21.0 Å². The second-order valence-corrected chi connectivity index (χ2v) is 8.29. The van der Waals surface area contributed by atoms with Crippen LogP contribution in [-0.4, -0.2) is 56.7 Å². The Morgan fingerprint density at radius 3 is 2.56 bits per heavy atom. The van der Waals surface area contributed by atoms with Crippen LogP contribution in [0, 0.1) is 0 Å². The van der Waals surface area contributed by atoms with Crippen molar-refractivity contribution in [3.05, 3.63) is 41.5 Å². The van der Waals surface area contributed by atoms with E-state index in [1.165, 1.54) is 13.2 Å².